The summed E-state index contributed by atoms with van der Waals surface area (Å²) in [5.74, 6) is -0.361. The highest BCUT2D eigenvalue weighted by atomic mass is 16.4. The van der Waals surface area contributed by atoms with Crippen molar-refractivity contribution in [3.63, 3.8) is 0 Å². The van der Waals surface area contributed by atoms with Crippen molar-refractivity contribution in [3.05, 3.63) is 18.2 Å². The fourth-order valence-corrected chi connectivity index (χ4v) is 2.46. The van der Waals surface area contributed by atoms with Crippen molar-refractivity contribution in [2.24, 2.45) is 5.92 Å². The molecule has 2 amide bonds. The molecule has 116 valence electrons. The van der Waals surface area contributed by atoms with Crippen molar-refractivity contribution in [2.45, 2.75) is 32.7 Å². The van der Waals surface area contributed by atoms with E-state index < -0.39 is 5.97 Å². The van der Waals surface area contributed by atoms with Gasteiger partial charge >= 0.3 is 12.0 Å². The lowest BCUT2D eigenvalue weighted by Gasteiger charge is -2.21. The topological polar surface area (TPSA) is 87.5 Å². The Hall–Kier alpha value is -2.05. The van der Waals surface area contributed by atoms with Gasteiger partial charge < -0.3 is 19.9 Å². The van der Waals surface area contributed by atoms with Gasteiger partial charge in [-0.05, 0) is 25.2 Å². The maximum atomic E-state index is 12.1. The average molecular weight is 294 g/mol. The van der Waals surface area contributed by atoms with E-state index in [0.29, 0.717) is 19.0 Å². The first-order valence-corrected chi connectivity index (χ1v) is 7.34. The van der Waals surface area contributed by atoms with E-state index in [4.69, 9.17) is 5.11 Å². The minimum atomic E-state index is -1.04. The number of nitrogens with one attached hydrogen (secondary N) is 1. The molecule has 7 heteroatoms. The van der Waals surface area contributed by atoms with Crippen LogP contribution in [-0.2, 0) is 6.54 Å². The van der Waals surface area contributed by atoms with E-state index >= 15 is 0 Å². The number of aromatic nitrogens is 2. The first-order valence-electron chi connectivity index (χ1n) is 7.34. The van der Waals surface area contributed by atoms with Crippen molar-refractivity contribution in [1.29, 1.82) is 0 Å². The van der Waals surface area contributed by atoms with E-state index in [2.05, 4.69) is 17.2 Å². The van der Waals surface area contributed by atoms with Gasteiger partial charge in [0.2, 0.25) is 0 Å². The van der Waals surface area contributed by atoms with E-state index in [-0.39, 0.29) is 11.7 Å². The van der Waals surface area contributed by atoms with Gasteiger partial charge in [0.1, 0.15) is 0 Å². The lowest BCUT2D eigenvalue weighted by atomic mass is 10.0. The Morgan fingerprint density at radius 1 is 1.43 bits per heavy atom. The zero-order chi connectivity index (χ0) is 15.2. The quantitative estimate of drug-likeness (QED) is 0.879. The Balaban J connectivity index is 1.74. The summed E-state index contributed by atoms with van der Waals surface area (Å²) < 4.78 is 1.66. The van der Waals surface area contributed by atoms with Crippen LogP contribution >= 0.6 is 0 Å². The first-order chi connectivity index (χ1) is 10.1. The molecule has 1 saturated heterocycles. The molecular weight excluding hydrogens is 272 g/mol. The highest BCUT2D eigenvalue weighted by Gasteiger charge is 2.17. The molecule has 1 aliphatic heterocycles. The van der Waals surface area contributed by atoms with E-state index in [1.54, 1.807) is 4.57 Å². The van der Waals surface area contributed by atoms with Gasteiger partial charge in [-0.25, -0.2) is 14.6 Å². The molecule has 1 aliphatic rings. The maximum Gasteiger partial charge on any atom is 0.356 e. The number of likely N-dealkylation sites (tertiary alicyclic amines) is 1. The SMILES string of the molecule is CC1CCCN(C(=O)NCCn2cnc(C(=O)O)c2)CC1. The molecule has 0 bridgehead atoms. The van der Waals surface area contributed by atoms with Crippen LogP contribution in [0.3, 0.4) is 0 Å². The molecule has 2 N–H and O–H groups in total. The zero-order valence-electron chi connectivity index (χ0n) is 12.3. The van der Waals surface area contributed by atoms with Gasteiger partial charge in [0, 0.05) is 32.4 Å². The monoisotopic (exact) mass is 294 g/mol. The van der Waals surface area contributed by atoms with Crippen LogP contribution in [0.2, 0.25) is 0 Å². The van der Waals surface area contributed by atoms with Crippen LogP contribution in [0, 0.1) is 5.92 Å². The molecule has 1 atom stereocenters. The maximum absolute atomic E-state index is 12.1. The number of rotatable bonds is 4. The molecule has 7 nitrogen and oxygen atoms in total. The highest BCUT2D eigenvalue weighted by Crippen LogP contribution is 2.16. The normalized spacial score (nSPS) is 19.1. The largest absolute Gasteiger partial charge is 0.476 e. The van der Waals surface area contributed by atoms with E-state index in [1.807, 2.05) is 4.90 Å². The molecule has 2 rings (SSSR count). The minimum absolute atomic E-state index is 0.0165. The third kappa shape index (κ3) is 4.47. The van der Waals surface area contributed by atoms with Crippen molar-refractivity contribution in [1.82, 2.24) is 19.8 Å². The molecule has 1 aromatic heterocycles. The van der Waals surface area contributed by atoms with Gasteiger partial charge in [-0.3, -0.25) is 0 Å². The minimum Gasteiger partial charge on any atom is -0.476 e. The molecule has 0 aromatic carbocycles. The lowest BCUT2D eigenvalue weighted by molar-refractivity contribution is 0.0691. The Bertz CT molecular complexity index is 500. The van der Waals surface area contributed by atoms with Crippen LogP contribution in [0.25, 0.3) is 0 Å². The van der Waals surface area contributed by atoms with Gasteiger partial charge in [0.25, 0.3) is 0 Å². The number of carbonyl (C=O) groups is 2. The van der Waals surface area contributed by atoms with Gasteiger partial charge in [0.05, 0.1) is 6.33 Å². The highest BCUT2D eigenvalue weighted by molar-refractivity contribution is 5.84. The van der Waals surface area contributed by atoms with E-state index in [0.717, 1.165) is 25.9 Å². The number of hydrogen-bond donors (Lipinski definition) is 2. The molecule has 0 spiro atoms. The molecule has 1 unspecified atom stereocenters. The molecule has 1 fully saturated rings. The summed E-state index contributed by atoms with van der Waals surface area (Å²) in [5.41, 5.74) is 0.0165. The average Bonchev–Trinajstić information content (AvgIpc) is 2.81. The second-order valence-electron chi connectivity index (χ2n) is 5.56. The van der Waals surface area contributed by atoms with Crippen LogP contribution in [0.15, 0.2) is 12.5 Å². The second kappa shape index (κ2) is 7.10. The Kier molecular flexibility index (Phi) is 5.19. The fraction of sp³-hybridized carbons (Fsp3) is 0.643. The zero-order valence-corrected chi connectivity index (χ0v) is 12.3. The molecule has 0 aliphatic carbocycles. The molecule has 0 saturated carbocycles. The number of aromatic carboxylic acids is 1. The summed E-state index contributed by atoms with van der Waals surface area (Å²) in [6.07, 6.45) is 6.21. The molecule has 2 heterocycles. The smallest absolute Gasteiger partial charge is 0.356 e. The summed E-state index contributed by atoms with van der Waals surface area (Å²) in [4.78, 5) is 28.4. The number of hydrogen-bond acceptors (Lipinski definition) is 3. The van der Waals surface area contributed by atoms with E-state index in [9.17, 15) is 9.59 Å². The van der Waals surface area contributed by atoms with Gasteiger partial charge in [-0.15, -0.1) is 0 Å². The van der Waals surface area contributed by atoms with Crippen LogP contribution in [-0.4, -0.2) is 51.2 Å². The van der Waals surface area contributed by atoms with Crippen molar-refractivity contribution in [2.75, 3.05) is 19.6 Å². The van der Waals surface area contributed by atoms with Gasteiger partial charge in [0.15, 0.2) is 5.69 Å². The van der Waals surface area contributed by atoms with Crippen LogP contribution in [0.1, 0.15) is 36.7 Å². The van der Waals surface area contributed by atoms with Crippen molar-refractivity contribution < 1.29 is 14.7 Å². The number of carboxylic acids is 1. The number of imidazole rings is 1. The van der Waals surface area contributed by atoms with Crippen LogP contribution < -0.4 is 5.32 Å². The Labute approximate surface area is 124 Å². The number of carboxylic acid groups (broad SMARTS) is 1. The van der Waals surface area contributed by atoms with E-state index in [1.165, 1.54) is 18.9 Å². The molecule has 0 radical (unpaired) electrons. The fourth-order valence-electron chi connectivity index (χ4n) is 2.46. The lowest BCUT2D eigenvalue weighted by Crippen LogP contribution is -2.41. The standard InChI is InChI=1S/C14H22N4O3/c1-11-3-2-6-18(7-4-11)14(21)15-5-8-17-9-12(13(19)20)16-10-17/h9-11H,2-8H2,1H3,(H,15,21)(H,19,20). The summed E-state index contributed by atoms with van der Waals surface area (Å²) in [5, 5.41) is 11.7. The van der Waals surface area contributed by atoms with Crippen LogP contribution in [0.5, 0.6) is 0 Å². The first kappa shape index (κ1) is 15.3. The number of amides is 2. The summed E-state index contributed by atoms with van der Waals surface area (Å²) in [6, 6.07) is -0.0392. The van der Waals surface area contributed by atoms with Gasteiger partial charge in [-0.1, -0.05) is 6.92 Å². The predicted octanol–water partition coefficient (Wildman–Crippen LogP) is 1.41. The number of urea groups is 1. The summed E-state index contributed by atoms with van der Waals surface area (Å²) >= 11 is 0. The van der Waals surface area contributed by atoms with Crippen LogP contribution in [0.4, 0.5) is 4.79 Å². The third-order valence-electron chi connectivity index (χ3n) is 3.80. The Morgan fingerprint density at radius 3 is 2.95 bits per heavy atom. The second-order valence-corrected chi connectivity index (χ2v) is 5.56. The molecule has 21 heavy (non-hydrogen) atoms. The van der Waals surface area contributed by atoms with Gasteiger partial charge in [-0.2, -0.15) is 0 Å². The predicted molar refractivity (Wildman–Crippen MR) is 77.2 cm³/mol. The number of carbonyl (C=O) groups excluding carboxylic acids is 1. The summed E-state index contributed by atoms with van der Waals surface area (Å²) in [6.45, 7) is 4.81. The molecular formula is C14H22N4O3. The molecule has 1 aromatic rings. The number of nitrogens with zero attached hydrogens (tertiary/aromatic N) is 3. The third-order valence-corrected chi connectivity index (χ3v) is 3.80. The van der Waals surface area contributed by atoms with Crippen molar-refractivity contribution in [3.8, 4) is 0 Å². The Morgan fingerprint density at radius 2 is 2.24 bits per heavy atom. The summed E-state index contributed by atoms with van der Waals surface area (Å²) in [7, 11) is 0. The van der Waals surface area contributed by atoms with Crippen molar-refractivity contribution >= 4 is 12.0 Å².